The molecule has 3 heterocycles. The molecule has 1 fully saturated rings. The van der Waals surface area contributed by atoms with E-state index in [2.05, 4.69) is 29.6 Å². The minimum absolute atomic E-state index is 0.0396. The number of hydrogen-bond acceptors (Lipinski definition) is 6. The normalized spacial score (nSPS) is 15.9. The van der Waals surface area contributed by atoms with E-state index in [9.17, 15) is 8.42 Å². The Morgan fingerprint density at radius 3 is 2.82 bits per heavy atom. The highest BCUT2D eigenvalue weighted by molar-refractivity contribution is 7.89. The Morgan fingerprint density at radius 1 is 1.27 bits per heavy atom. The quantitative estimate of drug-likeness (QED) is 0.838. The molecular weight excluding hydrogens is 304 g/mol. The van der Waals surface area contributed by atoms with E-state index in [1.54, 1.807) is 12.3 Å². The molecule has 0 bridgehead atoms. The number of imidazole rings is 1. The molecule has 2 aromatic rings. The first kappa shape index (κ1) is 14.9. The van der Waals surface area contributed by atoms with Crippen LogP contribution in [0.4, 0.5) is 5.95 Å². The van der Waals surface area contributed by atoms with Crippen molar-refractivity contribution in [1.29, 1.82) is 0 Å². The highest BCUT2D eigenvalue weighted by Crippen LogP contribution is 2.15. The van der Waals surface area contributed by atoms with Gasteiger partial charge in [0.25, 0.3) is 10.0 Å². The molecule has 118 valence electrons. The first-order valence-electron chi connectivity index (χ1n) is 7.20. The number of nitrogens with zero attached hydrogens (tertiary/aromatic N) is 4. The maximum absolute atomic E-state index is 12.0. The molecule has 8 nitrogen and oxygen atoms in total. The van der Waals surface area contributed by atoms with E-state index in [4.69, 9.17) is 0 Å². The van der Waals surface area contributed by atoms with E-state index >= 15 is 0 Å². The molecule has 2 aromatic heterocycles. The second-order valence-corrected chi connectivity index (χ2v) is 6.87. The van der Waals surface area contributed by atoms with Crippen molar-refractivity contribution in [3.05, 3.63) is 30.5 Å². The Hall–Kier alpha value is -2.00. The predicted octanol–water partition coefficient (Wildman–Crippen LogP) is 0.668. The average Bonchev–Trinajstić information content (AvgIpc) is 3.10. The lowest BCUT2D eigenvalue weighted by Gasteiger charge is -2.26. The zero-order valence-corrected chi connectivity index (χ0v) is 12.9. The summed E-state index contributed by atoms with van der Waals surface area (Å²) in [7, 11) is -3.59. The molecule has 0 radical (unpaired) electrons. The molecule has 3 rings (SSSR count). The summed E-state index contributed by atoms with van der Waals surface area (Å²) in [6.45, 7) is 2.01. The van der Waals surface area contributed by atoms with Crippen molar-refractivity contribution in [2.75, 3.05) is 18.0 Å². The minimum atomic E-state index is -3.59. The van der Waals surface area contributed by atoms with Gasteiger partial charge in [-0.15, -0.1) is 0 Å². The Morgan fingerprint density at radius 2 is 2.09 bits per heavy atom. The Labute approximate surface area is 129 Å². The Balaban J connectivity index is 1.68. The smallest absolute Gasteiger partial charge is 0.257 e. The lowest BCUT2D eigenvalue weighted by Crippen LogP contribution is -2.31. The van der Waals surface area contributed by atoms with Crippen molar-refractivity contribution in [2.45, 2.75) is 30.8 Å². The molecule has 1 saturated heterocycles. The van der Waals surface area contributed by atoms with Crippen LogP contribution >= 0.6 is 0 Å². The number of H-pyrrole nitrogens is 1. The van der Waals surface area contributed by atoms with Gasteiger partial charge in [0.15, 0.2) is 5.03 Å². The highest BCUT2D eigenvalue weighted by atomic mass is 32.2. The molecule has 0 aromatic carbocycles. The van der Waals surface area contributed by atoms with Crippen LogP contribution in [-0.2, 0) is 16.6 Å². The molecule has 22 heavy (non-hydrogen) atoms. The van der Waals surface area contributed by atoms with Crippen molar-refractivity contribution in [3.63, 3.8) is 0 Å². The molecule has 1 aliphatic rings. The van der Waals surface area contributed by atoms with Gasteiger partial charge >= 0.3 is 0 Å². The molecule has 1 aliphatic heterocycles. The first-order valence-corrected chi connectivity index (χ1v) is 8.68. The van der Waals surface area contributed by atoms with Gasteiger partial charge in [-0.2, -0.15) is 0 Å². The number of sulfonamides is 1. The zero-order chi connectivity index (χ0) is 15.4. The molecule has 2 N–H and O–H groups in total. The molecule has 0 spiro atoms. The largest absolute Gasteiger partial charge is 0.341 e. The number of nitrogens with one attached hydrogen (secondary N) is 2. The van der Waals surface area contributed by atoms with E-state index in [1.807, 2.05) is 0 Å². The molecular formula is C13H18N6O2S. The lowest BCUT2D eigenvalue weighted by molar-refractivity contribution is 0.565. The highest BCUT2D eigenvalue weighted by Gasteiger charge is 2.17. The summed E-state index contributed by atoms with van der Waals surface area (Å²) in [5.41, 5.74) is 0.638. The van der Waals surface area contributed by atoms with Crippen molar-refractivity contribution in [3.8, 4) is 0 Å². The summed E-state index contributed by atoms with van der Waals surface area (Å²) in [5, 5.41) is 0.0396. The Kier molecular flexibility index (Phi) is 4.34. The van der Waals surface area contributed by atoms with E-state index in [0.717, 1.165) is 25.9 Å². The van der Waals surface area contributed by atoms with Crippen LogP contribution in [-0.4, -0.2) is 41.4 Å². The van der Waals surface area contributed by atoms with Crippen LogP contribution in [0.2, 0.25) is 0 Å². The maximum atomic E-state index is 12.0. The van der Waals surface area contributed by atoms with Gasteiger partial charge in [-0.3, -0.25) is 0 Å². The third-order valence-electron chi connectivity index (χ3n) is 3.55. The van der Waals surface area contributed by atoms with Crippen molar-refractivity contribution < 1.29 is 8.42 Å². The summed E-state index contributed by atoms with van der Waals surface area (Å²) in [5.74, 6) is 0.665. The van der Waals surface area contributed by atoms with Crippen LogP contribution in [0.3, 0.4) is 0 Å². The average molecular weight is 322 g/mol. The summed E-state index contributed by atoms with van der Waals surface area (Å²) >= 11 is 0. The van der Waals surface area contributed by atoms with Gasteiger partial charge < -0.3 is 9.88 Å². The topological polar surface area (TPSA) is 104 Å². The predicted molar refractivity (Wildman–Crippen MR) is 80.7 cm³/mol. The van der Waals surface area contributed by atoms with Crippen molar-refractivity contribution in [1.82, 2.24) is 24.7 Å². The summed E-state index contributed by atoms with van der Waals surface area (Å²) in [6.07, 6.45) is 7.77. The van der Waals surface area contributed by atoms with Gasteiger partial charge in [0, 0.05) is 19.3 Å². The summed E-state index contributed by atoms with van der Waals surface area (Å²) in [4.78, 5) is 17.1. The molecule has 0 aliphatic carbocycles. The van der Waals surface area contributed by atoms with Crippen LogP contribution in [0.5, 0.6) is 0 Å². The summed E-state index contributed by atoms with van der Waals surface area (Å²) in [6, 6.07) is 1.71. The van der Waals surface area contributed by atoms with Crippen LogP contribution in [0.15, 0.2) is 29.8 Å². The van der Waals surface area contributed by atoms with E-state index in [1.165, 1.54) is 18.9 Å². The fraction of sp³-hybridized carbons (Fsp3) is 0.462. The standard InChI is InChI=1S/C13H18N6O2S/c20-22(21,12-9-14-10-16-12)17-8-11-4-5-15-13(18-11)19-6-2-1-3-7-19/h4-5,9-10,17H,1-3,6-8H2,(H,14,16). The van der Waals surface area contributed by atoms with Crippen LogP contribution in [0.1, 0.15) is 25.0 Å². The van der Waals surface area contributed by atoms with E-state index in [0.29, 0.717) is 11.6 Å². The van der Waals surface area contributed by atoms with Crippen LogP contribution < -0.4 is 9.62 Å². The fourth-order valence-electron chi connectivity index (χ4n) is 2.37. The lowest BCUT2D eigenvalue weighted by atomic mass is 10.1. The van der Waals surface area contributed by atoms with E-state index in [-0.39, 0.29) is 11.6 Å². The maximum Gasteiger partial charge on any atom is 0.257 e. The Bertz CT molecular complexity index is 710. The third-order valence-corrected chi connectivity index (χ3v) is 4.87. The van der Waals surface area contributed by atoms with Gasteiger partial charge in [0.05, 0.1) is 24.8 Å². The molecule has 9 heteroatoms. The number of aromatic nitrogens is 4. The molecule has 0 atom stereocenters. The molecule has 0 saturated carbocycles. The van der Waals surface area contributed by atoms with Crippen molar-refractivity contribution >= 4 is 16.0 Å². The van der Waals surface area contributed by atoms with Gasteiger partial charge in [-0.05, 0) is 25.3 Å². The van der Waals surface area contributed by atoms with Gasteiger partial charge in [0.2, 0.25) is 5.95 Å². The SMILES string of the molecule is O=S(=O)(NCc1ccnc(N2CCCCC2)n1)c1cnc[nH]1. The second kappa shape index (κ2) is 6.41. The van der Waals surface area contributed by atoms with Gasteiger partial charge in [-0.1, -0.05) is 0 Å². The number of piperidine rings is 1. The van der Waals surface area contributed by atoms with Gasteiger partial charge in [0.1, 0.15) is 0 Å². The number of anilines is 1. The van der Waals surface area contributed by atoms with Gasteiger partial charge in [-0.25, -0.2) is 28.1 Å². The monoisotopic (exact) mass is 322 g/mol. The van der Waals surface area contributed by atoms with Crippen LogP contribution in [0.25, 0.3) is 0 Å². The van der Waals surface area contributed by atoms with Crippen molar-refractivity contribution in [2.24, 2.45) is 0 Å². The number of rotatable bonds is 5. The fourth-order valence-corrected chi connectivity index (χ4v) is 3.27. The third kappa shape index (κ3) is 3.42. The minimum Gasteiger partial charge on any atom is -0.341 e. The summed E-state index contributed by atoms with van der Waals surface area (Å²) < 4.78 is 26.5. The second-order valence-electron chi connectivity index (χ2n) is 5.14. The zero-order valence-electron chi connectivity index (χ0n) is 12.1. The molecule has 0 amide bonds. The van der Waals surface area contributed by atoms with E-state index < -0.39 is 10.0 Å². The first-order chi connectivity index (χ1) is 10.6. The number of aromatic amines is 1. The molecule has 0 unspecified atom stereocenters. The van der Waals surface area contributed by atoms with Crippen LogP contribution in [0, 0.1) is 0 Å². The number of hydrogen-bond donors (Lipinski definition) is 2.